The van der Waals surface area contributed by atoms with Crippen molar-refractivity contribution in [2.75, 3.05) is 13.7 Å². The molecule has 33 heavy (non-hydrogen) atoms. The van der Waals surface area contributed by atoms with Crippen LogP contribution in [0.4, 0.5) is 0 Å². The molecule has 0 unspecified atom stereocenters. The smallest absolute Gasteiger partial charge is 0.281 e. The van der Waals surface area contributed by atoms with Gasteiger partial charge in [-0.05, 0) is 35.4 Å². The van der Waals surface area contributed by atoms with Crippen LogP contribution >= 0.6 is 0 Å². The number of amides is 1. The predicted octanol–water partition coefficient (Wildman–Crippen LogP) is 4.40. The van der Waals surface area contributed by atoms with Crippen LogP contribution < -0.4 is 9.47 Å². The molecule has 0 saturated heterocycles. The van der Waals surface area contributed by atoms with Crippen LogP contribution in [0.3, 0.4) is 0 Å². The Morgan fingerprint density at radius 1 is 0.970 bits per heavy atom. The zero-order chi connectivity index (χ0) is 22.6. The van der Waals surface area contributed by atoms with Gasteiger partial charge in [-0.15, -0.1) is 0 Å². The highest BCUT2D eigenvalue weighted by Crippen LogP contribution is 2.33. The number of rotatable bonds is 6. The molecule has 0 aliphatic carbocycles. The van der Waals surface area contributed by atoms with E-state index in [1.165, 1.54) is 11.3 Å². The van der Waals surface area contributed by atoms with Crippen molar-refractivity contribution in [3.05, 3.63) is 96.3 Å². The molecule has 7 heteroatoms. The van der Waals surface area contributed by atoms with E-state index in [0.29, 0.717) is 12.3 Å². The van der Waals surface area contributed by atoms with Crippen LogP contribution in [0.15, 0.2) is 90.3 Å². The minimum atomic E-state index is -0.246. The van der Waals surface area contributed by atoms with E-state index in [9.17, 15) is 4.79 Å². The van der Waals surface area contributed by atoms with Crippen LogP contribution in [-0.2, 0) is 4.79 Å². The van der Waals surface area contributed by atoms with Gasteiger partial charge in [0.2, 0.25) is 5.88 Å². The third kappa shape index (κ3) is 4.25. The number of fused-ring (bicyclic) bond motifs is 1. The van der Waals surface area contributed by atoms with Gasteiger partial charge in [-0.25, -0.2) is 15.0 Å². The molecule has 3 aromatic carbocycles. The van der Waals surface area contributed by atoms with E-state index < -0.39 is 0 Å². The molecule has 164 valence electrons. The first-order chi connectivity index (χ1) is 16.2. The van der Waals surface area contributed by atoms with Crippen LogP contribution in [-0.4, -0.2) is 40.3 Å². The molecule has 0 spiro atoms. The molecule has 0 radical (unpaired) electrons. The van der Waals surface area contributed by atoms with Gasteiger partial charge in [0.15, 0.2) is 6.61 Å². The second-order valence-corrected chi connectivity index (χ2v) is 7.63. The van der Waals surface area contributed by atoms with Gasteiger partial charge in [0, 0.05) is 6.42 Å². The lowest BCUT2D eigenvalue weighted by Crippen LogP contribution is -2.31. The second kappa shape index (κ2) is 9.08. The Hall–Kier alpha value is -4.26. The van der Waals surface area contributed by atoms with E-state index in [0.717, 1.165) is 33.5 Å². The Balaban J connectivity index is 1.41. The SMILES string of the molecule is COc1ccc([C@H]2CC(c3ccccc3)=NN2C(=O)COc2ncnc3ccccc23)cc1. The fraction of sp³-hybridized carbons (Fsp3) is 0.154. The fourth-order valence-corrected chi connectivity index (χ4v) is 3.92. The summed E-state index contributed by atoms with van der Waals surface area (Å²) in [5.41, 5.74) is 3.59. The molecular weight excluding hydrogens is 416 g/mol. The number of hydrogen-bond donors (Lipinski definition) is 0. The molecule has 0 bridgehead atoms. The van der Waals surface area contributed by atoms with Crippen molar-refractivity contribution in [2.45, 2.75) is 12.5 Å². The highest BCUT2D eigenvalue weighted by molar-refractivity contribution is 6.03. The van der Waals surface area contributed by atoms with Crippen molar-refractivity contribution in [1.29, 1.82) is 0 Å². The monoisotopic (exact) mass is 438 g/mol. The minimum absolute atomic E-state index is 0.181. The Morgan fingerprint density at radius 2 is 1.73 bits per heavy atom. The quantitative estimate of drug-likeness (QED) is 0.446. The number of aromatic nitrogens is 2. The van der Waals surface area contributed by atoms with Crippen LogP contribution in [0.25, 0.3) is 10.9 Å². The lowest BCUT2D eigenvalue weighted by atomic mass is 9.98. The van der Waals surface area contributed by atoms with Crippen LogP contribution in [0, 0.1) is 0 Å². The number of nitrogens with zero attached hydrogens (tertiary/aromatic N) is 4. The topological polar surface area (TPSA) is 76.9 Å². The van der Waals surface area contributed by atoms with Crippen molar-refractivity contribution in [3.8, 4) is 11.6 Å². The highest BCUT2D eigenvalue weighted by atomic mass is 16.5. The first-order valence-electron chi connectivity index (χ1n) is 10.6. The minimum Gasteiger partial charge on any atom is -0.497 e. The molecular formula is C26H22N4O3. The van der Waals surface area contributed by atoms with Crippen molar-refractivity contribution >= 4 is 22.5 Å². The van der Waals surface area contributed by atoms with E-state index in [1.54, 1.807) is 7.11 Å². The molecule has 5 rings (SSSR count). The predicted molar refractivity (Wildman–Crippen MR) is 125 cm³/mol. The third-order valence-electron chi connectivity index (χ3n) is 5.61. The zero-order valence-corrected chi connectivity index (χ0v) is 18.1. The van der Waals surface area contributed by atoms with E-state index in [4.69, 9.17) is 9.47 Å². The summed E-state index contributed by atoms with van der Waals surface area (Å²) >= 11 is 0. The maximum absolute atomic E-state index is 13.3. The Labute approximate surface area is 191 Å². The molecule has 1 amide bonds. The summed E-state index contributed by atoms with van der Waals surface area (Å²) in [6.07, 6.45) is 2.04. The number of para-hydroxylation sites is 1. The summed E-state index contributed by atoms with van der Waals surface area (Å²) in [6.45, 7) is -0.181. The molecule has 1 aliphatic heterocycles. The van der Waals surface area contributed by atoms with Gasteiger partial charge in [0.1, 0.15) is 12.1 Å². The zero-order valence-electron chi connectivity index (χ0n) is 18.1. The van der Waals surface area contributed by atoms with E-state index >= 15 is 0 Å². The Morgan fingerprint density at radius 3 is 2.52 bits per heavy atom. The molecule has 1 aromatic heterocycles. The Kier molecular flexibility index (Phi) is 5.68. The molecule has 4 aromatic rings. The molecule has 7 nitrogen and oxygen atoms in total. The van der Waals surface area contributed by atoms with Gasteiger partial charge in [-0.1, -0.05) is 54.6 Å². The lowest BCUT2D eigenvalue weighted by Gasteiger charge is -2.22. The van der Waals surface area contributed by atoms with Crippen molar-refractivity contribution in [2.24, 2.45) is 5.10 Å². The molecule has 2 heterocycles. The standard InChI is InChI=1S/C26H22N4O3/c1-32-20-13-11-19(12-14-20)24-15-23(18-7-3-2-4-8-18)29-30(24)25(31)16-33-26-21-9-5-6-10-22(21)27-17-28-26/h2-14,17,24H,15-16H2,1H3/t24-/m1/s1. The molecule has 0 saturated carbocycles. The summed E-state index contributed by atoms with van der Waals surface area (Å²) in [4.78, 5) is 21.7. The summed E-state index contributed by atoms with van der Waals surface area (Å²) < 4.78 is 11.1. The van der Waals surface area contributed by atoms with Crippen molar-refractivity contribution < 1.29 is 14.3 Å². The van der Waals surface area contributed by atoms with Gasteiger partial charge >= 0.3 is 0 Å². The summed E-state index contributed by atoms with van der Waals surface area (Å²) in [7, 11) is 1.63. The molecule has 1 atom stereocenters. The largest absolute Gasteiger partial charge is 0.497 e. The van der Waals surface area contributed by atoms with E-state index in [1.807, 2.05) is 78.9 Å². The molecule has 0 N–H and O–H groups in total. The second-order valence-electron chi connectivity index (χ2n) is 7.63. The van der Waals surface area contributed by atoms with Gasteiger partial charge in [0.05, 0.1) is 29.8 Å². The number of hydrogen-bond acceptors (Lipinski definition) is 6. The van der Waals surface area contributed by atoms with E-state index in [-0.39, 0.29) is 18.6 Å². The molecule has 0 fully saturated rings. The summed E-state index contributed by atoms with van der Waals surface area (Å²) in [6, 6.07) is 24.9. The average molecular weight is 438 g/mol. The van der Waals surface area contributed by atoms with E-state index in [2.05, 4.69) is 15.1 Å². The lowest BCUT2D eigenvalue weighted by molar-refractivity contribution is -0.135. The highest BCUT2D eigenvalue weighted by Gasteiger charge is 2.33. The Bertz CT molecular complexity index is 1300. The fourth-order valence-electron chi connectivity index (χ4n) is 3.92. The van der Waals surface area contributed by atoms with Gasteiger partial charge < -0.3 is 9.47 Å². The molecule has 1 aliphatic rings. The van der Waals surface area contributed by atoms with Crippen molar-refractivity contribution in [1.82, 2.24) is 15.0 Å². The van der Waals surface area contributed by atoms with Crippen LogP contribution in [0.5, 0.6) is 11.6 Å². The normalized spacial score (nSPS) is 15.4. The van der Waals surface area contributed by atoms with Crippen LogP contribution in [0.1, 0.15) is 23.6 Å². The van der Waals surface area contributed by atoms with Gasteiger partial charge in [-0.3, -0.25) is 4.79 Å². The maximum Gasteiger partial charge on any atom is 0.281 e. The number of carbonyl (C=O) groups is 1. The maximum atomic E-state index is 13.3. The summed E-state index contributed by atoms with van der Waals surface area (Å²) in [5.74, 6) is 0.892. The summed E-state index contributed by atoms with van der Waals surface area (Å²) in [5, 5.41) is 6.97. The number of benzene rings is 3. The third-order valence-corrected chi connectivity index (χ3v) is 5.61. The van der Waals surface area contributed by atoms with Crippen molar-refractivity contribution in [3.63, 3.8) is 0 Å². The van der Waals surface area contributed by atoms with Gasteiger partial charge in [-0.2, -0.15) is 5.10 Å². The number of hydrazone groups is 1. The number of carbonyl (C=O) groups excluding carboxylic acids is 1. The first kappa shape index (κ1) is 20.6. The van der Waals surface area contributed by atoms with Crippen LogP contribution in [0.2, 0.25) is 0 Å². The number of methoxy groups -OCH3 is 1. The number of ether oxygens (including phenoxy) is 2. The van der Waals surface area contributed by atoms with Gasteiger partial charge in [0.25, 0.3) is 5.91 Å². The first-order valence-corrected chi connectivity index (χ1v) is 10.6. The average Bonchev–Trinajstić information content (AvgIpc) is 3.33.